The maximum absolute atomic E-state index is 12.3. The highest BCUT2D eigenvalue weighted by Crippen LogP contribution is 2.31. The summed E-state index contributed by atoms with van der Waals surface area (Å²) in [6.45, 7) is 3.61. The summed E-state index contributed by atoms with van der Waals surface area (Å²) in [5.74, 6) is -0.184. The van der Waals surface area contributed by atoms with Gasteiger partial charge in [-0.25, -0.2) is 9.97 Å². The van der Waals surface area contributed by atoms with E-state index in [0.29, 0.717) is 24.5 Å². The Balaban J connectivity index is 2.02. The molecule has 2 aromatic rings. The number of aromatic nitrogens is 3. The molecule has 3 N–H and O–H groups in total. The first-order valence-corrected chi connectivity index (χ1v) is 6.93. The van der Waals surface area contributed by atoms with Gasteiger partial charge in [-0.05, 0) is 26.0 Å². The van der Waals surface area contributed by atoms with Gasteiger partial charge < -0.3 is 15.7 Å². The van der Waals surface area contributed by atoms with Gasteiger partial charge in [0, 0.05) is 23.5 Å². The van der Waals surface area contributed by atoms with Gasteiger partial charge in [-0.1, -0.05) is 0 Å². The first-order valence-electron chi connectivity index (χ1n) is 6.93. The Morgan fingerprint density at radius 3 is 2.77 bits per heavy atom. The number of nitrogen functional groups attached to an aromatic ring is 1. The van der Waals surface area contributed by atoms with Crippen molar-refractivity contribution in [3.8, 4) is 11.3 Å². The number of hydrogen-bond acceptors (Lipinski definition) is 6. The molecule has 114 valence electrons. The Morgan fingerprint density at radius 1 is 1.36 bits per heavy atom. The molecule has 0 atom stereocenters. The van der Waals surface area contributed by atoms with E-state index >= 15 is 0 Å². The summed E-state index contributed by atoms with van der Waals surface area (Å²) in [6.07, 6.45) is 3.38. The fraction of sp³-hybridized carbons (Fsp3) is 0.333. The number of carbonyl (C=O) groups is 1. The van der Waals surface area contributed by atoms with Crippen molar-refractivity contribution in [2.24, 2.45) is 0 Å². The van der Waals surface area contributed by atoms with Crippen molar-refractivity contribution in [1.29, 1.82) is 0 Å². The summed E-state index contributed by atoms with van der Waals surface area (Å²) in [5.41, 5.74) is 7.43. The molecular formula is C15H17N5O2. The fourth-order valence-electron chi connectivity index (χ4n) is 2.55. The van der Waals surface area contributed by atoms with Gasteiger partial charge in [-0.2, -0.15) is 0 Å². The topological polar surface area (TPSA) is 105 Å². The van der Waals surface area contributed by atoms with Crippen LogP contribution >= 0.6 is 0 Å². The van der Waals surface area contributed by atoms with Crippen LogP contribution < -0.4 is 5.73 Å². The predicted molar refractivity (Wildman–Crippen MR) is 80.2 cm³/mol. The zero-order chi connectivity index (χ0) is 15.9. The van der Waals surface area contributed by atoms with Crippen LogP contribution in [-0.4, -0.2) is 36.5 Å². The molecule has 1 aliphatic rings. The van der Waals surface area contributed by atoms with E-state index in [1.54, 1.807) is 17.3 Å². The van der Waals surface area contributed by atoms with Gasteiger partial charge in [0.05, 0.1) is 24.5 Å². The average Bonchev–Trinajstić information content (AvgIpc) is 2.89. The first kappa shape index (κ1) is 14.4. The minimum absolute atomic E-state index is 0.162. The number of rotatable bonds is 2. The first-order chi connectivity index (χ1) is 10.4. The summed E-state index contributed by atoms with van der Waals surface area (Å²) in [6, 6.07) is 3.70. The van der Waals surface area contributed by atoms with E-state index in [4.69, 9.17) is 5.73 Å². The van der Waals surface area contributed by atoms with Crippen LogP contribution in [0.5, 0.6) is 0 Å². The molecule has 0 spiro atoms. The van der Waals surface area contributed by atoms with Crippen LogP contribution in [0.15, 0.2) is 24.5 Å². The highest BCUT2D eigenvalue weighted by Gasteiger charge is 2.35. The quantitative estimate of drug-likeness (QED) is 0.847. The molecule has 1 aliphatic heterocycles. The SMILES string of the molecule is CC(C)(O)C(=O)N1Cc2nc(N)nc(-c3cccnc3)c2C1. The molecule has 0 saturated carbocycles. The molecule has 3 rings (SSSR count). The van der Waals surface area contributed by atoms with E-state index in [-0.39, 0.29) is 11.9 Å². The number of amides is 1. The number of carbonyl (C=O) groups excluding carboxylic acids is 1. The molecule has 0 radical (unpaired) electrons. The lowest BCUT2D eigenvalue weighted by Gasteiger charge is -2.23. The molecule has 2 aromatic heterocycles. The molecular weight excluding hydrogens is 282 g/mol. The molecule has 7 heteroatoms. The molecule has 0 aromatic carbocycles. The van der Waals surface area contributed by atoms with Gasteiger partial charge in [-0.15, -0.1) is 0 Å². The average molecular weight is 299 g/mol. The number of nitrogens with zero attached hydrogens (tertiary/aromatic N) is 4. The largest absolute Gasteiger partial charge is 0.381 e. The summed E-state index contributed by atoms with van der Waals surface area (Å²) in [5, 5.41) is 9.90. The third kappa shape index (κ3) is 2.50. The van der Waals surface area contributed by atoms with Gasteiger partial charge in [0.15, 0.2) is 0 Å². The van der Waals surface area contributed by atoms with Gasteiger partial charge in [0.2, 0.25) is 5.95 Å². The number of pyridine rings is 1. The molecule has 0 fully saturated rings. The number of aliphatic hydroxyl groups is 1. The van der Waals surface area contributed by atoms with Gasteiger partial charge in [-0.3, -0.25) is 9.78 Å². The van der Waals surface area contributed by atoms with Crippen molar-refractivity contribution in [2.45, 2.75) is 32.5 Å². The number of hydrogen-bond donors (Lipinski definition) is 2. The third-order valence-corrected chi connectivity index (χ3v) is 3.55. The number of nitrogens with two attached hydrogens (primary N) is 1. The molecule has 0 saturated heterocycles. The van der Waals surface area contributed by atoms with Crippen LogP contribution in [0.4, 0.5) is 5.95 Å². The Labute approximate surface area is 127 Å². The summed E-state index contributed by atoms with van der Waals surface area (Å²) in [4.78, 5) is 26.4. The molecule has 22 heavy (non-hydrogen) atoms. The van der Waals surface area contributed by atoms with Gasteiger partial charge in [0.1, 0.15) is 5.60 Å². The second-order valence-corrected chi connectivity index (χ2v) is 5.82. The van der Waals surface area contributed by atoms with E-state index in [2.05, 4.69) is 15.0 Å². The lowest BCUT2D eigenvalue weighted by Crippen LogP contribution is -2.42. The molecule has 0 unspecified atom stereocenters. The molecule has 0 bridgehead atoms. The molecule has 1 amide bonds. The Kier molecular flexibility index (Phi) is 3.29. The second kappa shape index (κ2) is 5.03. The van der Waals surface area contributed by atoms with Crippen LogP contribution in [0.1, 0.15) is 25.1 Å². The Morgan fingerprint density at radius 2 is 2.14 bits per heavy atom. The number of anilines is 1. The fourth-order valence-corrected chi connectivity index (χ4v) is 2.55. The molecule has 3 heterocycles. The van der Waals surface area contributed by atoms with E-state index in [1.807, 2.05) is 12.1 Å². The lowest BCUT2D eigenvalue weighted by molar-refractivity contribution is -0.148. The van der Waals surface area contributed by atoms with E-state index in [1.165, 1.54) is 13.8 Å². The van der Waals surface area contributed by atoms with Crippen LogP contribution in [0.2, 0.25) is 0 Å². The van der Waals surface area contributed by atoms with Crippen LogP contribution in [-0.2, 0) is 17.9 Å². The Bertz CT molecular complexity index is 725. The predicted octanol–water partition coefficient (Wildman–Crippen LogP) is 0.734. The van der Waals surface area contributed by atoms with Crippen molar-refractivity contribution in [3.63, 3.8) is 0 Å². The molecule has 0 aliphatic carbocycles. The van der Waals surface area contributed by atoms with Gasteiger partial charge >= 0.3 is 0 Å². The maximum atomic E-state index is 12.3. The maximum Gasteiger partial charge on any atom is 0.254 e. The third-order valence-electron chi connectivity index (χ3n) is 3.55. The van der Waals surface area contributed by atoms with Crippen molar-refractivity contribution in [1.82, 2.24) is 19.9 Å². The number of fused-ring (bicyclic) bond motifs is 1. The standard InChI is InChI=1S/C15H17N5O2/c1-15(2,22)13(21)20-7-10-11(8-20)18-14(16)19-12(10)9-4-3-5-17-6-9/h3-6,22H,7-8H2,1-2H3,(H2,16,18,19). The highest BCUT2D eigenvalue weighted by molar-refractivity contribution is 5.85. The summed E-state index contributed by atoms with van der Waals surface area (Å²) < 4.78 is 0. The van der Waals surface area contributed by atoms with Gasteiger partial charge in [0.25, 0.3) is 5.91 Å². The van der Waals surface area contributed by atoms with Crippen LogP contribution in [0.3, 0.4) is 0 Å². The minimum Gasteiger partial charge on any atom is -0.381 e. The van der Waals surface area contributed by atoms with Crippen LogP contribution in [0.25, 0.3) is 11.3 Å². The zero-order valence-corrected chi connectivity index (χ0v) is 12.4. The van der Waals surface area contributed by atoms with E-state index < -0.39 is 5.60 Å². The lowest BCUT2D eigenvalue weighted by atomic mass is 10.1. The van der Waals surface area contributed by atoms with Crippen molar-refractivity contribution in [2.75, 3.05) is 5.73 Å². The second-order valence-electron chi connectivity index (χ2n) is 5.82. The van der Waals surface area contributed by atoms with Crippen LogP contribution in [0, 0.1) is 0 Å². The van der Waals surface area contributed by atoms with Crippen molar-refractivity contribution < 1.29 is 9.90 Å². The normalized spacial score (nSPS) is 14.0. The monoisotopic (exact) mass is 299 g/mol. The molecule has 7 nitrogen and oxygen atoms in total. The summed E-state index contributed by atoms with van der Waals surface area (Å²) in [7, 11) is 0. The smallest absolute Gasteiger partial charge is 0.254 e. The minimum atomic E-state index is -1.42. The summed E-state index contributed by atoms with van der Waals surface area (Å²) >= 11 is 0. The van der Waals surface area contributed by atoms with E-state index in [0.717, 1.165) is 11.1 Å². The zero-order valence-electron chi connectivity index (χ0n) is 12.4. The van der Waals surface area contributed by atoms with Crippen molar-refractivity contribution >= 4 is 11.9 Å². The van der Waals surface area contributed by atoms with E-state index in [9.17, 15) is 9.90 Å². The Hall–Kier alpha value is -2.54. The van der Waals surface area contributed by atoms with Crippen molar-refractivity contribution in [3.05, 3.63) is 35.8 Å². The highest BCUT2D eigenvalue weighted by atomic mass is 16.3.